The number of rotatable bonds is 5. The lowest BCUT2D eigenvalue weighted by Crippen LogP contribution is -2.48. The lowest BCUT2D eigenvalue weighted by atomic mass is 9.90. The highest BCUT2D eigenvalue weighted by Gasteiger charge is 2.25. The molecule has 0 aliphatic rings. The average Bonchev–Trinajstić information content (AvgIpc) is 2.45. The lowest BCUT2D eigenvalue weighted by molar-refractivity contribution is -0.135. The van der Waals surface area contributed by atoms with E-state index in [0.29, 0.717) is 12.2 Å². The summed E-state index contributed by atoms with van der Waals surface area (Å²) in [6.45, 7) is 9.29. The smallest absolute Gasteiger partial charge is 0.276 e. The number of carbonyl (C=O) groups is 2. The SMILES string of the molecule is CCC(C)(C)C(=O)NNC(=O)COc1cc(C)ccc1C. The average molecular weight is 292 g/mol. The van der Waals surface area contributed by atoms with E-state index < -0.39 is 11.3 Å². The van der Waals surface area contributed by atoms with Crippen molar-refractivity contribution in [3.8, 4) is 5.75 Å². The highest BCUT2D eigenvalue weighted by molar-refractivity contribution is 5.85. The second-order valence-corrected chi connectivity index (χ2v) is 5.80. The maximum atomic E-state index is 11.8. The molecule has 2 amide bonds. The molecular weight excluding hydrogens is 268 g/mol. The molecule has 116 valence electrons. The zero-order valence-corrected chi connectivity index (χ0v) is 13.4. The van der Waals surface area contributed by atoms with Crippen LogP contribution in [-0.4, -0.2) is 18.4 Å². The molecule has 2 N–H and O–H groups in total. The summed E-state index contributed by atoms with van der Waals surface area (Å²) in [5.41, 5.74) is 6.29. The van der Waals surface area contributed by atoms with Crippen LogP contribution >= 0.6 is 0 Å². The summed E-state index contributed by atoms with van der Waals surface area (Å²) in [7, 11) is 0. The van der Waals surface area contributed by atoms with E-state index in [-0.39, 0.29) is 12.5 Å². The highest BCUT2D eigenvalue weighted by Crippen LogP contribution is 2.19. The zero-order chi connectivity index (χ0) is 16.0. The summed E-state index contributed by atoms with van der Waals surface area (Å²) in [6, 6.07) is 5.80. The summed E-state index contributed by atoms with van der Waals surface area (Å²) in [4.78, 5) is 23.5. The van der Waals surface area contributed by atoms with Crippen molar-refractivity contribution < 1.29 is 14.3 Å². The molecule has 0 bridgehead atoms. The fourth-order valence-corrected chi connectivity index (χ4v) is 1.50. The van der Waals surface area contributed by atoms with E-state index in [2.05, 4.69) is 10.9 Å². The van der Waals surface area contributed by atoms with E-state index >= 15 is 0 Å². The van der Waals surface area contributed by atoms with Gasteiger partial charge in [0.2, 0.25) is 5.91 Å². The molecule has 0 aliphatic heterocycles. The Hall–Kier alpha value is -2.04. The molecule has 0 aromatic heterocycles. The Labute approximate surface area is 126 Å². The molecule has 0 radical (unpaired) electrons. The topological polar surface area (TPSA) is 67.4 Å². The third-order valence-corrected chi connectivity index (χ3v) is 3.52. The molecule has 0 fully saturated rings. The Morgan fingerprint density at radius 3 is 2.48 bits per heavy atom. The van der Waals surface area contributed by atoms with Crippen LogP contribution in [0.15, 0.2) is 18.2 Å². The van der Waals surface area contributed by atoms with Gasteiger partial charge < -0.3 is 4.74 Å². The third-order valence-electron chi connectivity index (χ3n) is 3.52. The first-order chi connectivity index (χ1) is 9.76. The van der Waals surface area contributed by atoms with Crippen LogP contribution in [0.2, 0.25) is 0 Å². The molecule has 21 heavy (non-hydrogen) atoms. The van der Waals surface area contributed by atoms with Crippen LogP contribution in [-0.2, 0) is 9.59 Å². The summed E-state index contributed by atoms with van der Waals surface area (Å²) in [5, 5.41) is 0. The first-order valence-corrected chi connectivity index (χ1v) is 7.05. The first kappa shape index (κ1) is 17.0. The predicted octanol–water partition coefficient (Wildman–Crippen LogP) is 2.27. The molecule has 0 aliphatic carbocycles. The number of hydrogen-bond donors (Lipinski definition) is 2. The van der Waals surface area contributed by atoms with Gasteiger partial charge in [0.1, 0.15) is 5.75 Å². The first-order valence-electron chi connectivity index (χ1n) is 7.05. The monoisotopic (exact) mass is 292 g/mol. The van der Waals surface area contributed by atoms with Gasteiger partial charge in [0.25, 0.3) is 5.91 Å². The number of ether oxygens (including phenoxy) is 1. The van der Waals surface area contributed by atoms with Crippen molar-refractivity contribution in [2.45, 2.75) is 41.0 Å². The Kier molecular flexibility index (Phi) is 5.76. The fraction of sp³-hybridized carbons (Fsp3) is 0.500. The Morgan fingerprint density at radius 2 is 1.86 bits per heavy atom. The van der Waals surface area contributed by atoms with Gasteiger partial charge in [-0.1, -0.05) is 32.9 Å². The van der Waals surface area contributed by atoms with Gasteiger partial charge >= 0.3 is 0 Å². The summed E-state index contributed by atoms with van der Waals surface area (Å²) in [5.74, 6) is 0.0617. The summed E-state index contributed by atoms with van der Waals surface area (Å²) < 4.78 is 5.46. The maximum absolute atomic E-state index is 11.8. The summed E-state index contributed by atoms with van der Waals surface area (Å²) >= 11 is 0. The van der Waals surface area contributed by atoms with Crippen LogP contribution < -0.4 is 15.6 Å². The minimum Gasteiger partial charge on any atom is -0.483 e. The number of hydrogen-bond acceptors (Lipinski definition) is 3. The molecule has 0 spiro atoms. The maximum Gasteiger partial charge on any atom is 0.276 e. The van der Waals surface area contributed by atoms with Crippen molar-refractivity contribution in [3.05, 3.63) is 29.3 Å². The largest absolute Gasteiger partial charge is 0.483 e. The molecule has 0 saturated heterocycles. The molecule has 0 atom stereocenters. The van der Waals surface area contributed by atoms with Gasteiger partial charge in [0, 0.05) is 5.41 Å². The normalized spacial score (nSPS) is 10.9. The molecule has 1 rings (SSSR count). The van der Waals surface area contributed by atoms with E-state index in [1.807, 2.05) is 52.8 Å². The fourth-order valence-electron chi connectivity index (χ4n) is 1.50. The molecule has 0 unspecified atom stereocenters. The van der Waals surface area contributed by atoms with Crippen molar-refractivity contribution in [1.29, 1.82) is 0 Å². The van der Waals surface area contributed by atoms with E-state index in [1.54, 1.807) is 0 Å². The number of amides is 2. The summed E-state index contributed by atoms with van der Waals surface area (Å²) in [6.07, 6.45) is 0.688. The molecule has 1 aromatic carbocycles. The number of hydrazine groups is 1. The van der Waals surface area contributed by atoms with Gasteiger partial charge in [-0.25, -0.2) is 0 Å². The van der Waals surface area contributed by atoms with Gasteiger partial charge in [-0.05, 0) is 37.5 Å². The second kappa shape index (κ2) is 7.11. The minimum absolute atomic E-state index is 0.142. The Morgan fingerprint density at radius 1 is 1.19 bits per heavy atom. The van der Waals surface area contributed by atoms with Crippen LogP contribution in [0.4, 0.5) is 0 Å². The zero-order valence-electron chi connectivity index (χ0n) is 13.4. The van der Waals surface area contributed by atoms with Crippen molar-refractivity contribution in [1.82, 2.24) is 10.9 Å². The standard InChI is InChI=1S/C16H24N2O3/c1-6-16(4,5)15(20)18-17-14(19)10-21-13-9-11(2)7-8-12(13)3/h7-9H,6,10H2,1-5H3,(H,17,19)(H,18,20). The van der Waals surface area contributed by atoms with Crippen molar-refractivity contribution >= 4 is 11.8 Å². The van der Waals surface area contributed by atoms with Gasteiger partial charge in [-0.15, -0.1) is 0 Å². The number of nitrogens with one attached hydrogen (secondary N) is 2. The number of carbonyl (C=O) groups excluding carboxylic acids is 2. The quantitative estimate of drug-likeness (QED) is 0.818. The van der Waals surface area contributed by atoms with Crippen molar-refractivity contribution in [2.24, 2.45) is 5.41 Å². The van der Waals surface area contributed by atoms with Crippen LogP contribution in [0.5, 0.6) is 5.75 Å². The molecule has 5 heteroatoms. The van der Waals surface area contributed by atoms with Gasteiger partial charge in [-0.2, -0.15) is 0 Å². The number of benzene rings is 1. The molecule has 0 heterocycles. The van der Waals surface area contributed by atoms with Crippen molar-refractivity contribution in [2.75, 3.05) is 6.61 Å². The van der Waals surface area contributed by atoms with Gasteiger partial charge in [-0.3, -0.25) is 20.4 Å². The second-order valence-electron chi connectivity index (χ2n) is 5.80. The predicted molar refractivity (Wildman–Crippen MR) is 81.8 cm³/mol. The molecular formula is C16H24N2O3. The van der Waals surface area contributed by atoms with Crippen LogP contribution in [0.25, 0.3) is 0 Å². The molecule has 0 saturated carbocycles. The van der Waals surface area contributed by atoms with Crippen LogP contribution in [0.3, 0.4) is 0 Å². The van der Waals surface area contributed by atoms with E-state index in [9.17, 15) is 9.59 Å². The third kappa shape index (κ3) is 5.10. The van der Waals surface area contributed by atoms with Crippen LogP contribution in [0.1, 0.15) is 38.3 Å². The molecule has 1 aromatic rings. The number of aryl methyl sites for hydroxylation is 2. The van der Waals surface area contributed by atoms with Gasteiger partial charge in [0.15, 0.2) is 6.61 Å². The highest BCUT2D eigenvalue weighted by atomic mass is 16.5. The lowest BCUT2D eigenvalue weighted by Gasteiger charge is -2.21. The Balaban J connectivity index is 2.45. The minimum atomic E-state index is -0.513. The van der Waals surface area contributed by atoms with Crippen molar-refractivity contribution in [3.63, 3.8) is 0 Å². The van der Waals surface area contributed by atoms with E-state index in [0.717, 1.165) is 11.1 Å². The van der Waals surface area contributed by atoms with E-state index in [1.165, 1.54) is 0 Å². The van der Waals surface area contributed by atoms with E-state index in [4.69, 9.17) is 4.74 Å². The molecule has 5 nitrogen and oxygen atoms in total. The Bertz CT molecular complexity index is 524. The van der Waals surface area contributed by atoms with Gasteiger partial charge in [0.05, 0.1) is 0 Å². The van der Waals surface area contributed by atoms with Crippen LogP contribution in [0, 0.1) is 19.3 Å².